The van der Waals surface area contributed by atoms with E-state index in [4.69, 9.17) is 5.32 Å². The predicted molar refractivity (Wildman–Crippen MR) is 111 cm³/mol. The van der Waals surface area contributed by atoms with Crippen LogP contribution in [0.3, 0.4) is 0 Å². The molecule has 0 saturated heterocycles. The third-order valence-electron chi connectivity index (χ3n) is 6.26. The number of unbranched alkanes of at least 4 members (excludes halogenated alkanes) is 2. The van der Waals surface area contributed by atoms with E-state index < -0.39 is 0 Å². The summed E-state index contributed by atoms with van der Waals surface area (Å²) in [5.41, 5.74) is 0.664. The van der Waals surface area contributed by atoms with E-state index >= 15 is 0 Å². The first-order valence-corrected chi connectivity index (χ1v) is 9.38. The molecule has 0 aliphatic heterocycles. The van der Waals surface area contributed by atoms with E-state index in [0.717, 1.165) is 28.8 Å². The van der Waals surface area contributed by atoms with E-state index in [1.54, 1.807) is 19.3 Å². The van der Waals surface area contributed by atoms with Gasteiger partial charge in [0.2, 0.25) is 0 Å². The highest BCUT2D eigenvalue weighted by Gasteiger charge is 2.48. The van der Waals surface area contributed by atoms with Gasteiger partial charge in [0.25, 0.3) is 0 Å². The first-order valence-electron chi connectivity index (χ1n) is 9.38. The maximum atomic E-state index is 4.99. The number of hydrogen-bond acceptors (Lipinski definition) is 0. The second-order valence-corrected chi connectivity index (χ2v) is 9.60. The van der Waals surface area contributed by atoms with Crippen LogP contribution in [0, 0.1) is 23.2 Å². The lowest BCUT2D eigenvalue weighted by Gasteiger charge is -2.59. The molecule has 4 saturated carbocycles. The Balaban J connectivity index is 0.00000132. The van der Waals surface area contributed by atoms with Crippen LogP contribution in [-0.2, 0) is 0 Å². The highest BCUT2D eigenvalue weighted by atomic mass is 79.9. The van der Waals surface area contributed by atoms with Crippen LogP contribution in [-0.4, -0.2) is 45.3 Å². The van der Waals surface area contributed by atoms with Crippen LogP contribution in [0.5, 0.6) is 0 Å². The monoisotopic (exact) mass is 452 g/mol. The Labute approximate surface area is 165 Å². The van der Waals surface area contributed by atoms with E-state index in [0.29, 0.717) is 5.41 Å². The van der Waals surface area contributed by atoms with Crippen molar-refractivity contribution in [2.45, 2.75) is 57.8 Å². The summed E-state index contributed by atoms with van der Waals surface area (Å²) in [6.07, 6.45) is 13.3. The fraction of sp³-hybridized carbons (Fsp3) is 1.00. The van der Waals surface area contributed by atoms with Gasteiger partial charge in [0.05, 0.1) is 27.7 Å². The number of halogens is 2. The van der Waals surface area contributed by atoms with Gasteiger partial charge in [-0.2, -0.15) is 0 Å². The second kappa shape index (κ2) is 9.00. The van der Waals surface area contributed by atoms with Gasteiger partial charge in [-0.1, -0.05) is 6.42 Å². The maximum absolute atomic E-state index is 4.99. The van der Waals surface area contributed by atoms with E-state index in [1.165, 1.54) is 51.6 Å². The zero-order valence-electron chi connectivity index (χ0n) is 15.4. The van der Waals surface area contributed by atoms with Crippen molar-refractivity contribution in [2.75, 3.05) is 40.8 Å². The van der Waals surface area contributed by atoms with E-state index in [9.17, 15) is 0 Å². The quantitative estimate of drug-likeness (QED) is 0.335. The fourth-order valence-corrected chi connectivity index (χ4v) is 5.79. The Morgan fingerprint density at radius 1 is 0.826 bits per heavy atom. The zero-order chi connectivity index (χ0) is 14.9. The molecule has 0 atom stereocenters. The summed E-state index contributed by atoms with van der Waals surface area (Å²) in [5.74, 6) is 3.24. The summed E-state index contributed by atoms with van der Waals surface area (Å²) in [7, 11) is 6.87. The second-order valence-electron chi connectivity index (χ2n) is 9.60. The van der Waals surface area contributed by atoms with Gasteiger partial charge in [-0.15, -0.1) is 47.1 Å². The predicted octanol–water partition coefficient (Wildman–Crippen LogP) is 5.61. The van der Waals surface area contributed by atoms with Crippen LogP contribution >= 0.6 is 34.0 Å². The van der Waals surface area contributed by atoms with Crippen LogP contribution < -0.4 is 0 Å². The van der Waals surface area contributed by atoms with Crippen molar-refractivity contribution in [3.05, 3.63) is 5.32 Å². The summed E-state index contributed by atoms with van der Waals surface area (Å²) >= 11 is 0. The van der Waals surface area contributed by atoms with Crippen molar-refractivity contribution in [1.82, 2.24) is 0 Å². The van der Waals surface area contributed by atoms with Crippen molar-refractivity contribution in [3.8, 4) is 0 Å². The molecule has 0 unspecified atom stereocenters. The Morgan fingerprint density at radius 2 is 1.35 bits per heavy atom. The minimum Gasteiger partial charge on any atom is -0.662 e. The fourth-order valence-electron chi connectivity index (χ4n) is 5.79. The Hall–Kier alpha value is 0.880. The topological polar surface area (TPSA) is 14.1 Å². The molecular formula is C19H38Br2N2. The summed E-state index contributed by atoms with van der Waals surface area (Å²) in [6, 6.07) is 0. The molecular weight excluding hydrogens is 416 g/mol. The number of hydrogen-bond donors (Lipinski definition) is 0. The molecule has 0 spiro atoms. The molecule has 138 valence electrons. The van der Waals surface area contributed by atoms with Gasteiger partial charge in [0, 0.05) is 0 Å². The van der Waals surface area contributed by atoms with E-state index in [2.05, 4.69) is 21.1 Å². The molecule has 0 heterocycles. The molecule has 4 bridgehead atoms. The lowest BCUT2D eigenvalue weighted by Crippen LogP contribution is -2.47. The summed E-state index contributed by atoms with van der Waals surface area (Å²) in [6.45, 7) is 3.62. The molecule has 0 aromatic rings. The molecule has 4 aliphatic carbocycles. The van der Waals surface area contributed by atoms with Crippen molar-refractivity contribution < 1.29 is 4.48 Å². The van der Waals surface area contributed by atoms with Crippen molar-refractivity contribution >= 4 is 34.0 Å². The van der Waals surface area contributed by atoms with Crippen LogP contribution in [0.25, 0.3) is 5.32 Å². The molecule has 0 N–H and O–H groups in total. The largest absolute Gasteiger partial charge is 0.662 e. The first kappa shape index (κ1) is 21.9. The van der Waals surface area contributed by atoms with Gasteiger partial charge in [0.15, 0.2) is 0 Å². The van der Waals surface area contributed by atoms with Crippen molar-refractivity contribution in [1.29, 1.82) is 0 Å². The number of rotatable bonds is 8. The zero-order valence-corrected chi connectivity index (χ0v) is 18.9. The Morgan fingerprint density at radius 3 is 1.83 bits per heavy atom. The third kappa shape index (κ3) is 6.27. The van der Waals surface area contributed by atoms with Gasteiger partial charge < -0.3 is 9.80 Å². The molecule has 23 heavy (non-hydrogen) atoms. The normalized spacial score (nSPS) is 34.8. The first-order chi connectivity index (χ1) is 9.94. The number of nitrogens with zero attached hydrogens (tertiary/aromatic N) is 2. The van der Waals surface area contributed by atoms with Gasteiger partial charge >= 0.3 is 0 Å². The maximum Gasteiger partial charge on any atom is 0.0780 e. The average molecular weight is 454 g/mol. The molecule has 4 aliphatic rings. The minimum absolute atomic E-state index is 0. The molecule has 0 aromatic heterocycles. The Bertz CT molecular complexity index is 316. The molecule has 4 fully saturated rings. The van der Waals surface area contributed by atoms with Crippen LogP contribution in [0.1, 0.15) is 57.8 Å². The Kier molecular flexibility index (Phi) is 8.58. The average Bonchev–Trinajstić information content (AvgIpc) is 2.34. The molecule has 0 aromatic carbocycles. The van der Waals surface area contributed by atoms with Crippen molar-refractivity contribution in [3.63, 3.8) is 0 Å². The molecule has 0 amide bonds. The van der Waals surface area contributed by atoms with E-state index in [-0.39, 0.29) is 34.0 Å². The molecule has 4 rings (SSSR count). The third-order valence-corrected chi connectivity index (χ3v) is 6.26. The SMILES string of the molecule is Br.Br.C[N+](C)(C)CCCCC[N-]CC12CC3CC(CC(C3)C1)C2. The van der Waals surface area contributed by atoms with Crippen LogP contribution in [0.4, 0.5) is 0 Å². The lowest BCUT2D eigenvalue weighted by atomic mass is 9.49. The molecule has 4 heteroatoms. The minimum atomic E-state index is 0. The van der Waals surface area contributed by atoms with Crippen LogP contribution in [0.2, 0.25) is 0 Å². The van der Waals surface area contributed by atoms with E-state index in [1.807, 2.05) is 0 Å². The van der Waals surface area contributed by atoms with Crippen LogP contribution in [0.15, 0.2) is 0 Å². The van der Waals surface area contributed by atoms with Gasteiger partial charge in [0.1, 0.15) is 0 Å². The smallest absolute Gasteiger partial charge is 0.0780 e. The summed E-state index contributed by atoms with van der Waals surface area (Å²) < 4.78 is 1.10. The summed E-state index contributed by atoms with van der Waals surface area (Å²) in [5, 5.41) is 4.99. The molecule has 2 nitrogen and oxygen atoms in total. The number of quaternary nitrogens is 1. The summed E-state index contributed by atoms with van der Waals surface area (Å²) in [4.78, 5) is 0. The highest BCUT2D eigenvalue weighted by Crippen LogP contribution is 2.60. The van der Waals surface area contributed by atoms with Gasteiger partial charge in [-0.25, -0.2) is 0 Å². The molecule has 0 radical (unpaired) electrons. The highest BCUT2D eigenvalue weighted by molar-refractivity contribution is 8.93. The van der Waals surface area contributed by atoms with Gasteiger partial charge in [-0.3, -0.25) is 0 Å². The van der Waals surface area contributed by atoms with Gasteiger partial charge in [-0.05, 0) is 74.5 Å². The standard InChI is InChI=1S/C19H36N2.2BrH/c1-21(2,3)8-6-4-5-7-20-15-19-12-16-9-17(13-19)11-18(10-16)14-19;;/h16-18H,4-15H2,1-3H3;2*1H. The van der Waals surface area contributed by atoms with Crippen molar-refractivity contribution in [2.24, 2.45) is 23.2 Å². The lowest BCUT2D eigenvalue weighted by molar-refractivity contribution is -0.870.